The first-order valence-electron chi connectivity index (χ1n) is 10.5. The number of amides is 1. The number of nitrogens with zero attached hydrogens (tertiary/aromatic N) is 1. The van der Waals surface area contributed by atoms with E-state index < -0.39 is 22.5 Å². The van der Waals surface area contributed by atoms with Gasteiger partial charge in [0.05, 0.1) is 21.8 Å². The summed E-state index contributed by atoms with van der Waals surface area (Å²) in [5, 5.41) is 4.00. The maximum Gasteiger partial charge on any atom is 0.265 e. The third-order valence-electron chi connectivity index (χ3n) is 6.19. The zero-order valence-electron chi connectivity index (χ0n) is 17.6. The highest BCUT2D eigenvalue weighted by molar-refractivity contribution is 7.93. The molecule has 4 aromatic carbocycles. The lowest BCUT2D eigenvalue weighted by molar-refractivity contribution is -0.114. The third kappa shape index (κ3) is 2.75. The Morgan fingerprint density at radius 2 is 1.41 bits per heavy atom. The number of sulfonamides is 1. The smallest absolute Gasteiger partial charge is 0.265 e. The molecule has 0 bridgehead atoms. The van der Waals surface area contributed by atoms with Crippen molar-refractivity contribution in [3.63, 3.8) is 0 Å². The first-order valence-corrected chi connectivity index (χ1v) is 12.0. The second-order valence-corrected chi connectivity index (χ2v) is 9.95. The van der Waals surface area contributed by atoms with E-state index in [1.165, 1.54) is 12.1 Å². The van der Waals surface area contributed by atoms with Crippen molar-refractivity contribution >= 4 is 49.6 Å². The van der Waals surface area contributed by atoms with Gasteiger partial charge in [-0.3, -0.25) is 18.7 Å². The molecule has 1 heterocycles. The number of carbonyl (C=O) groups is 3. The van der Waals surface area contributed by atoms with Gasteiger partial charge >= 0.3 is 0 Å². The largest absolute Gasteiger partial charge is 0.324 e. The molecular formula is C26H16N2O5S. The van der Waals surface area contributed by atoms with Crippen LogP contribution in [0.3, 0.4) is 0 Å². The van der Waals surface area contributed by atoms with E-state index in [9.17, 15) is 22.8 Å². The molecule has 2 aliphatic rings. The van der Waals surface area contributed by atoms with Gasteiger partial charge in [0, 0.05) is 22.1 Å². The first kappa shape index (κ1) is 20.3. The van der Waals surface area contributed by atoms with Crippen LogP contribution < -0.4 is 9.62 Å². The van der Waals surface area contributed by atoms with Gasteiger partial charge in [0.25, 0.3) is 10.0 Å². The molecule has 0 saturated carbocycles. The lowest BCUT2D eigenvalue weighted by Gasteiger charge is -2.22. The summed E-state index contributed by atoms with van der Waals surface area (Å²) in [7, 11) is -3.91. The fourth-order valence-corrected chi connectivity index (χ4v) is 6.36. The molecule has 1 N–H and O–H groups in total. The molecule has 0 atom stereocenters. The molecule has 0 saturated heterocycles. The number of hydrogen-bond acceptors (Lipinski definition) is 5. The molecule has 0 aromatic heterocycles. The summed E-state index contributed by atoms with van der Waals surface area (Å²) in [6, 6.07) is 21.4. The Balaban J connectivity index is 1.35. The highest BCUT2D eigenvalue weighted by Gasteiger charge is 2.37. The molecule has 1 aliphatic heterocycles. The lowest BCUT2D eigenvalue weighted by Crippen LogP contribution is -2.36. The number of hydrogen-bond donors (Lipinski definition) is 1. The van der Waals surface area contributed by atoms with Crippen LogP contribution >= 0.6 is 0 Å². The fourth-order valence-electron chi connectivity index (χ4n) is 4.70. The van der Waals surface area contributed by atoms with Gasteiger partial charge in [0.1, 0.15) is 6.54 Å². The maximum atomic E-state index is 13.2. The zero-order valence-corrected chi connectivity index (χ0v) is 18.4. The predicted molar refractivity (Wildman–Crippen MR) is 127 cm³/mol. The van der Waals surface area contributed by atoms with Crippen LogP contribution in [0.25, 0.3) is 10.8 Å². The molecule has 34 heavy (non-hydrogen) atoms. The summed E-state index contributed by atoms with van der Waals surface area (Å²) in [6.45, 7) is -0.474. The second-order valence-electron chi connectivity index (χ2n) is 8.12. The first-order chi connectivity index (χ1) is 16.4. The Kier molecular flexibility index (Phi) is 4.24. The summed E-state index contributed by atoms with van der Waals surface area (Å²) in [5.41, 5.74) is 1.49. The van der Waals surface area contributed by atoms with Crippen LogP contribution in [0.15, 0.2) is 83.8 Å². The third-order valence-corrected chi connectivity index (χ3v) is 8.00. The molecular weight excluding hydrogens is 452 g/mol. The van der Waals surface area contributed by atoms with E-state index in [1.807, 2.05) is 12.1 Å². The summed E-state index contributed by atoms with van der Waals surface area (Å²) >= 11 is 0. The highest BCUT2D eigenvalue weighted by Crippen LogP contribution is 2.42. The quantitative estimate of drug-likeness (QED) is 0.435. The van der Waals surface area contributed by atoms with Crippen molar-refractivity contribution in [2.24, 2.45) is 0 Å². The topological polar surface area (TPSA) is 101 Å². The summed E-state index contributed by atoms with van der Waals surface area (Å²) < 4.78 is 27.4. The highest BCUT2D eigenvalue weighted by atomic mass is 32.2. The van der Waals surface area contributed by atoms with Gasteiger partial charge in [-0.2, -0.15) is 0 Å². The van der Waals surface area contributed by atoms with Crippen LogP contribution in [0, 0.1) is 0 Å². The number of benzene rings is 4. The number of fused-ring (bicyclic) bond motifs is 2. The van der Waals surface area contributed by atoms with Crippen LogP contribution in [0.2, 0.25) is 0 Å². The minimum absolute atomic E-state index is 0.106. The minimum Gasteiger partial charge on any atom is -0.324 e. The van der Waals surface area contributed by atoms with Crippen LogP contribution in [0.1, 0.15) is 31.8 Å². The van der Waals surface area contributed by atoms with Crippen molar-refractivity contribution in [2.75, 3.05) is 16.2 Å². The summed E-state index contributed by atoms with van der Waals surface area (Å²) in [6.07, 6.45) is 0. The SMILES string of the molecule is O=C(CN1c2cccc3cccc(c23)S1(=O)=O)Nc1cccc2c1C(=O)c1ccccc1C2=O. The lowest BCUT2D eigenvalue weighted by atomic mass is 9.83. The molecule has 8 heteroatoms. The number of carbonyl (C=O) groups excluding carboxylic acids is 3. The van der Waals surface area contributed by atoms with E-state index >= 15 is 0 Å². The maximum absolute atomic E-state index is 13.2. The fraction of sp³-hybridized carbons (Fsp3) is 0.0385. The van der Waals surface area contributed by atoms with E-state index in [4.69, 9.17) is 0 Å². The van der Waals surface area contributed by atoms with Crippen LogP contribution in [-0.2, 0) is 14.8 Å². The van der Waals surface area contributed by atoms with Crippen LogP contribution in [-0.4, -0.2) is 32.4 Å². The van der Waals surface area contributed by atoms with E-state index in [0.29, 0.717) is 16.6 Å². The van der Waals surface area contributed by atoms with E-state index in [0.717, 1.165) is 9.69 Å². The van der Waals surface area contributed by atoms with Crippen molar-refractivity contribution in [3.05, 3.63) is 101 Å². The monoisotopic (exact) mass is 468 g/mol. The van der Waals surface area contributed by atoms with Crippen molar-refractivity contribution in [1.82, 2.24) is 0 Å². The summed E-state index contributed by atoms with van der Waals surface area (Å²) in [5.74, 6) is -1.29. The molecule has 6 rings (SSSR count). The van der Waals surface area contributed by atoms with E-state index in [1.54, 1.807) is 54.6 Å². The van der Waals surface area contributed by atoms with Crippen molar-refractivity contribution in [1.29, 1.82) is 0 Å². The van der Waals surface area contributed by atoms with Gasteiger partial charge in [-0.05, 0) is 23.6 Å². The Morgan fingerprint density at radius 3 is 2.18 bits per heavy atom. The number of rotatable bonds is 3. The van der Waals surface area contributed by atoms with Crippen molar-refractivity contribution in [2.45, 2.75) is 4.90 Å². The molecule has 166 valence electrons. The Morgan fingerprint density at radius 1 is 0.765 bits per heavy atom. The molecule has 0 radical (unpaired) electrons. The van der Waals surface area contributed by atoms with Crippen molar-refractivity contribution < 1.29 is 22.8 Å². The predicted octanol–water partition coefficient (Wildman–Crippen LogP) is 3.76. The van der Waals surface area contributed by atoms with Crippen molar-refractivity contribution in [3.8, 4) is 0 Å². The Hall–Kier alpha value is -4.30. The molecule has 1 aliphatic carbocycles. The van der Waals surface area contributed by atoms with E-state index in [2.05, 4.69) is 5.32 Å². The minimum atomic E-state index is -3.91. The standard InChI is InChI=1S/C26H16N2O5S/c29-22(14-28-20-12-3-6-15-7-4-13-21(23(15)20)34(28,32)33)27-19-11-5-10-18-24(19)26(31)17-9-2-1-8-16(17)25(18)30/h1-13H,14H2,(H,27,29). The van der Waals surface area contributed by atoms with Gasteiger partial charge in [-0.25, -0.2) is 8.42 Å². The second kappa shape index (κ2) is 7.10. The normalized spacial score (nSPS) is 15.2. The van der Waals surface area contributed by atoms with Gasteiger partial charge in [-0.1, -0.05) is 60.7 Å². The molecule has 4 aromatic rings. The molecule has 0 spiro atoms. The Bertz CT molecular complexity index is 1690. The van der Waals surface area contributed by atoms with Gasteiger partial charge in [-0.15, -0.1) is 0 Å². The van der Waals surface area contributed by atoms with Gasteiger partial charge < -0.3 is 5.32 Å². The molecule has 1 amide bonds. The summed E-state index contributed by atoms with van der Waals surface area (Å²) in [4.78, 5) is 39.3. The van der Waals surface area contributed by atoms with Crippen LogP contribution in [0.4, 0.5) is 11.4 Å². The van der Waals surface area contributed by atoms with Gasteiger partial charge in [0.2, 0.25) is 5.91 Å². The number of nitrogens with one attached hydrogen (secondary N) is 1. The zero-order chi connectivity index (χ0) is 23.6. The van der Waals surface area contributed by atoms with Crippen LogP contribution in [0.5, 0.6) is 0 Å². The number of anilines is 2. The molecule has 0 fully saturated rings. The number of ketones is 2. The molecule has 0 unspecified atom stereocenters. The average Bonchev–Trinajstić information content (AvgIpc) is 3.05. The molecule has 7 nitrogen and oxygen atoms in total. The Labute approximate surface area is 194 Å². The van der Waals surface area contributed by atoms with E-state index in [-0.39, 0.29) is 38.8 Å². The average molecular weight is 468 g/mol. The van der Waals surface area contributed by atoms with Gasteiger partial charge in [0.15, 0.2) is 11.6 Å².